The van der Waals surface area contributed by atoms with Crippen LogP contribution in [0.4, 0.5) is 4.79 Å². The van der Waals surface area contributed by atoms with Gasteiger partial charge in [0, 0.05) is 6.54 Å². The van der Waals surface area contributed by atoms with E-state index >= 15 is 0 Å². The number of carboxylic acid groups (broad SMARTS) is 1. The molecule has 6 nitrogen and oxygen atoms in total. The van der Waals surface area contributed by atoms with Gasteiger partial charge in [0.1, 0.15) is 11.3 Å². The zero-order valence-electron chi connectivity index (χ0n) is 7.73. The van der Waals surface area contributed by atoms with Gasteiger partial charge in [-0.2, -0.15) is 0 Å². The van der Waals surface area contributed by atoms with Gasteiger partial charge < -0.3 is 21.3 Å². The van der Waals surface area contributed by atoms with Crippen LogP contribution in [-0.4, -0.2) is 22.2 Å². The summed E-state index contributed by atoms with van der Waals surface area (Å²) < 4.78 is 0. The molecule has 0 saturated heterocycles. The molecule has 0 aliphatic rings. The molecule has 0 saturated carbocycles. The Bertz CT molecular complexity index is 403. The Kier molecular flexibility index (Phi) is 3.12. The number of carbonyl (C=O) groups is 2. The minimum Gasteiger partial charge on any atom is -0.507 e. The van der Waals surface area contributed by atoms with Crippen LogP contribution in [0.5, 0.6) is 5.75 Å². The summed E-state index contributed by atoms with van der Waals surface area (Å²) in [6.45, 7) is 0.121. The van der Waals surface area contributed by atoms with Crippen LogP contribution in [0.15, 0.2) is 18.2 Å². The number of hydrogen-bond acceptors (Lipinski definition) is 3. The van der Waals surface area contributed by atoms with Crippen molar-refractivity contribution < 1.29 is 19.8 Å². The summed E-state index contributed by atoms with van der Waals surface area (Å²) in [7, 11) is 0. The number of carbonyl (C=O) groups excluding carboxylic acids is 1. The molecule has 0 aromatic heterocycles. The van der Waals surface area contributed by atoms with E-state index in [2.05, 4.69) is 5.32 Å². The van der Waals surface area contributed by atoms with Gasteiger partial charge in [0.25, 0.3) is 0 Å². The van der Waals surface area contributed by atoms with Gasteiger partial charge in [-0.15, -0.1) is 0 Å². The van der Waals surface area contributed by atoms with Gasteiger partial charge in [-0.1, -0.05) is 6.07 Å². The lowest BCUT2D eigenvalue weighted by Crippen LogP contribution is -2.28. The Balaban J connectivity index is 2.87. The fraction of sp³-hybridized carbons (Fsp3) is 0.111. The van der Waals surface area contributed by atoms with Crippen LogP contribution < -0.4 is 11.1 Å². The Morgan fingerprint density at radius 2 is 2.07 bits per heavy atom. The van der Waals surface area contributed by atoms with Crippen molar-refractivity contribution in [3.63, 3.8) is 0 Å². The van der Waals surface area contributed by atoms with Crippen molar-refractivity contribution in [1.29, 1.82) is 0 Å². The third-order valence-corrected chi connectivity index (χ3v) is 1.76. The molecule has 0 aliphatic carbocycles. The van der Waals surface area contributed by atoms with E-state index in [0.717, 1.165) is 0 Å². The van der Waals surface area contributed by atoms with Crippen molar-refractivity contribution in [2.45, 2.75) is 6.54 Å². The number of aromatic carboxylic acids is 1. The smallest absolute Gasteiger partial charge is 0.339 e. The van der Waals surface area contributed by atoms with Crippen molar-refractivity contribution in [1.82, 2.24) is 5.32 Å². The summed E-state index contributed by atoms with van der Waals surface area (Å²) in [5.41, 5.74) is 5.19. The third-order valence-electron chi connectivity index (χ3n) is 1.76. The lowest BCUT2D eigenvalue weighted by atomic mass is 10.1. The van der Waals surface area contributed by atoms with Crippen molar-refractivity contribution in [2.24, 2.45) is 5.73 Å². The topological polar surface area (TPSA) is 113 Å². The monoisotopic (exact) mass is 210 g/mol. The Morgan fingerprint density at radius 3 is 2.60 bits per heavy atom. The van der Waals surface area contributed by atoms with Crippen LogP contribution >= 0.6 is 0 Å². The van der Waals surface area contributed by atoms with E-state index in [0.29, 0.717) is 5.56 Å². The molecular weight excluding hydrogens is 200 g/mol. The first-order chi connectivity index (χ1) is 7.00. The highest BCUT2D eigenvalue weighted by Crippen LogP contribution is 2.18. The van der Waals surface area contributed by atoms with Gasteiger partial charge in [0.2, 0.25) is 0 Å². The zero-order valence-corrected chi connectivity index (χ0v) is 7.73. The normalized spacial score (nSPS) is 9.60. The molecule has 0 radical (unpaired) electrons. The molecule has 6 heteroatoms. The number of amides is 2. The number of rotatable bonds is 3. The average molecular weight is 210 g/mol. The molecule has 2 amide bonds. The van der Waals surface area contributed by atoms with E-state index < -0.39 is 12.0 Å². The summed E-state index contributed by atoms with van der Waals surface area (Å²) in [5, 5.41) is 20.2. The van der Waals surface area contributed by atoms with Crippen molar-refractivity contribution >= 4 is 12.0 Å². The van der Waals surface area contributed by atoms with Gasteiger partial charge >= 0.3 is 12.0 Å². The molecule has 0 heterocycles. The number of carboxylic acids is 1. The second-order valence-corrected chi connectivity index (χ2v) is 2.87. The fourth-order valence-corrected chi connectivity index (χ4v) is 1.05. The summed E-state index contributed by atoms with van der Waals surface area (Å²) in [6.07, 6.45) is 0. The first-order valence-electron chi connectivity index (χ1n) is 4.09. The summed E-state index contributed by atoms with van der Waals surface area (Å²) in [4.78, 5) is 21.0. The largest absolute Gasteiger partial charge is 0.507 e. The number of nitrogens with one attached hydrogen (secondary N) is 1. The maximum atomic E-state index is 10.6. The number of nitrogens with two attached hydrogens (primary N) is 1. The number of phenols is 1. The first kappa shape index (κ1) is 10.8. The van der Waals surface area contributed by atoms with E-state index in [-0.39, 0.29) is 17.9 Å². The standard InChI is InChI=1S/C9H10N2O4/c10-9(15)11-4-5-1-2-7(12)6(3-5)8(13)14/h1-3,12H,4H2,(H,13,14)(H3,10,11,15). The average Bonchev–Trinajstić information content (AvgIpc) is 2.16. The van der Waals surface area contributed by atoms with Gasteiger partial charge in [-0.25, -0.2) is 9.59 Å². The molecular formula is C9H10N2O4. The Labute approximate surface area is 85.3 Å². The van der Waals surface area contributed by atoms with E-state index in [1.807, 2.05) is 0 Å². The lowest BCUT2D eigenvalue weighted by molar-refractivity contribution is 0.0693. The van der Waals surface area contributed by atoms with E-state index in [1.54, 1.807) is 0 Å². The van der Waals surface area contributed by atoms with E-state index in [9.17, 15) is 14.7 Å². The predicted octanol–water partition coefficient (Wildman–Crippen LogP) is 0.259. The number of hydrogen-bond donors (Lipinski definition) is 4. The van der Waals surface area contributed by atoms with Crippen LogP contribution in [0.25, 0.3) is 0 Å². The molecule has 0 aliphatic heterocycles. The quantitative estimate of drug-likeness (QED) is 0.573. The summed E-state index contributed by atoms with van der Waals surface area (Å²) >= 11 is 0. The molecule has 0 atom stereocenters. The zero-order chi connectivity index (χ0) is 11.4. The molecule has 0 fully saturated rings. The molecule has 0 unspecified atom stereocenters. The van der Waals surface area contributed by atoms with Crippen LogP contribution in [0.3, 0.4) is 0 Å². The van der Waals surface area contributed by atoms with Crippen molar-refractivity contribution in [3.8, 4) is 5.75 Å². The Hall–Kier alpha value is -2.24. The highest BCUT2D eigenvalue weighted by atomic mass is 16.4. The molecule has 5 N–H and O–H groups in total. The van der Waals surface area contributed by atoms with Crippen LogP contribution in [0.1, 0.15) is 15.9 Å². The molecule has 0 spiro atoms. The second kappa shape index (κ2) is 4.32. The Morgan fingerprint density at radius 1 is 1.40 bits per heavy atom. The lowest BCUT2D eigenvalue weighted by Gasteiger charge is -2.04. The SMILES string of the molecule is NC(=O)NCc1ccc(O)c(C(=O)O)c1. The van der Waals surface area contributed by atoms with Gasteiger partial charge in [-0.05, 0) is 17.7 Å². The second-order valence-electron chi connectivity index (χ2n) is 2.87. The minimum atomic E-state index is -1.23. The van der Waals surface area contributed by atoms with Gasteiger partial charge in [0.05, 0.1) is 0 Å². The molecule has 1 rings (SSSR count). The first-order valence-corrected chi connectivity index (χ1v) is 4.09. The van der Waals surface area contributed by atoms with Gasteiger partial charge in [-0.3, -0.25) is 0 Å². The summed E-state index contributed by atoms with van der Waals surface area (Å²) in [5.74, 6) is -1.54. The number of primary amides is 1. The van der Waals surface area contributed by atoms with E-state index in [1.165, 1.54) is 18.2 Å². The highest BCUT2D eigenvalue weighted by molar-refractivity contribution is 5.90. The van der Waals surface area contributed by atoms with Crippen molar-refractivity contribution in [3.05, 3.63) is 29.3 Å². The molecule has 80 valence electrons. The predicted molar refractivity (Wildman–Crippen MR) is 51.5 cm³/mol. The van der Waals surface area contributed by atoms with E-state index in [4.69, 9.17) is 10.8 Å². The maximum absolute atomic E-state index is 10.6. The number of benzene rings is 1. The fourth-order valence-electron chi connectivity index (χ4n) is 1.05. The number of aromatic hydroxyl groups is 1. The van der Waals surface area contributed by atoms with Crippen LogP contribution in [0, 0.1) is 0 Å². The third kappa shape index (κ3) is 2.87. The summed E-state index contributed by atoms with van der Waals surface area (Å²) in [6, 6.07) is 3.33. The van der Waals surface area contributed by atoms with Crippen molar-refractivity contribution in [2.75, 3.05) is 0 Å². The maximum Gasteiger partial charge on any atom is 0.339 e. The van der Waals surface area contributed by atoms with Crippen LogP contribution in [0.2, 0.25) is 0 Å². The van der Waals surface area contributed by atoms with Gasteiger partial charge in [0.15, 0.2) is 0 Å². The highest BCUT2D eigenvalue weighted by Gasteiger charge is 2.09. The number of urea groups is 1. The molecule has 1 aromatic carbocycles. The minimum absolute atomic E-state index is 0.121. The molecule has 0 bridgehead atoms. The molecule has 1 aromatic rings. The van der Waals surface area contributed by atoms with Crippen LogP contribution in [-0.2, 0) is 6.54 Å². The molecule has 15 heavy (non-hydrogen) atoms.